The molecule has 4 rings (SSSR count). The summed E-state index contributed by atoms with van der Waals surface area (Å²) in [5.74, 6) is 1.96. The summed E-state index contributed by atoms with van der Waals surface area (Å²) in [4.78, 5) is 4.34. The molecule has 0 bridgehead atoms. The van der Waals surface area contributed by atoms with Crippen molar-refractivity contribution < 1.29 is 17.6 Å². The van der Waals surface area contributed by atoms with Crippen LogP contribution in [0.5, 0.6) is 0 Å². The molecule has 0 fully saturated rings. The van der Waals surface area contributed by atoms with Crippen LogP contribution in [0.15, 0.2) is 65.4 Å². The van der Waals surface area contributed by atoms with Gasteiger partial charge in [0.05, 0.1) is 18.4 Å². The van der Waals surface area contributed by atoms with Crippen molar-refractivity contribution in [1.29, 1.82) is 0 Å². The van der Waals surface area contributed by atoms with Gasteiger partial charge in [-0.15, -0.1) is 10.2 Å². The van der Waals surface area contributed by atoms with Gasteiger partial charge < -0.3 is 8.98 Å². The van der Waals surface area contributed by atoms with Crippen LogP contribution in [-0.4, -0.2) is 19.7 Å². The van der Waals surface area contributed by atoms with Crippen LogP contribution in [0, 0.1) is 6.92 Å². The molecule has 0 aliphatic rings. The minimum Gasteiger partial charge on any atom is -0.467 e. The summed E-state index contributed by atoms with van der Waals surface area (Å²) in [6.07, 6.45) is -0.273. The Labute approximate surface area is 171 Å². The molecule has 4 aromatic rings. The zero-order valence-electron chi connectivity index (χ0n) is 16.2. The van der Waals surface area contributed by atoms with Gasteiger partial charge in [0.1, 0.15) is 17.3 Å². The van der Waals surface area contributed by atoms with Gasteiger partial charge in [-0.1, -0.05) is 18.2 Å². The summed E-state index contributed by atoms with van der Waals surface area (Å²) < 4.78 is 47.0. The van der Waals surface area contributed by atoms with Gasteiger partial charge in [-0.25, -0.2) is 0 Å². The number of nitrogens with zero attached hydrogens (tertiary/aromatic N) is 4. The second-order valence-corrected chi connectivity index (χ2v) is 6.97. The first-order valence-electron chi connectivity index (χ1n) is 9.44. The van der Waals surface area contributed by atoms with Gasteiger partial charge in [0.2, 0.25) is 0 Å². The fourth-order valence-corrected chi connectivity index (χ4v) is 3.32. The molecule has 30 heavy (non-hydrogen) atoms. The number of halogens is 3. The summed E-state index contributed by atoms with van der Waals surface area (Å²) in [7, 11) is 0. The molecule has 0 aliphatic heterocycles. The van der Waals surface area contributed by atoms with E-state index in [4.69, 9.17) is 4.42 Å². The normalized spacial score (nSPS) is 11.7. The second-order valence-electron chi connectivity index (χ2n) is 6.97. The predicted molar refractivity (Wildman–Crippen MR) is 105 cm³/mol. The molecule has 0 saturated heterocycles. The lowest BCUT2D eigenvalue weighted by Crippen LogP contribution is -2.10. The molecular formula is C22H19F3N4O. The number of furan rings is 1. The van der Waals surface area contributed by atoms with E-state index in [2.05, 4.69) is 15.2 Å². The average molecular weight is 412 g/mol. The van der Waals surface area contributed by atoms with Gasteiger partial charge in [-0.05, 0) is 54.8 Å². The van der Waals surface area contributed by atoms with Crippen LogP contribution in [0.25, 0.3) is 11.5 Å². The molecular weight excluding hydrogens is 393 g/mol. The topological polar surface area (TPSA) is 56.7 Å². The van der Waals surface area contributed by atoms with Gasteiger partial charge in [0, 0.05) is 12.6 Å². The van der Waals surface area contributed by atoms with Crippen LogP contribution >= 0.6 is 0 Å². The molecule has 0 N–H and O–H groups in total. The van der Waals surface area contributed by atoms with Crippen molar-refractivity contribution in [3.63, 3.8) is 0 Å². The number of rotatable bonds is 6. The summed E-state index contributed by atoms with van der Waals surface area (Å²) in [6.45, 7) is 1.87. The maximum Gasteiger partial charge on any atom is 0.416 e. The molecule has 0 saturated carbocycles. The Hall–Kier alpha value is -3.42. The lowest BCUT2D eigenvalue weighted by molar-refractivity contribution is -0.138. The molecule has 3 aromatic heterocycles. The molecule has 0 unspecified atom stereocenters. The number of benzene rings is 1. The Morgan fingerprint density at radius 3 is 2.57 bits per heavy atom. The number of hydrogen-bond acceptors (Lipinski definition) is 4. The molecule has 0 spiro atoms. The number of alkyl halides is 3. The van der Waals surface area contributed by atoms with Crippen molar-refractivity contribution >= 4 is 0 Å². The van der Waals surface area contributed by atoms with E-state index in [1.807, 2.05) is 28.8 Å². The predicted octanol–water partition coefficient (Wildman–Crippen LogP) is 5.09. The highest BCUT2D eigenvalue weighted by Crippen LogP contribution is 2.32. The van der Waals surface area contributed by atoms with Gasteiger partial charge in [0.15, 0.2) is 5.82 Å². The molecule has 5 nitrogen and oxygen atoms in total. The third-order valence-electron chi connectivity index (χ3n) is 4.86. The summed E-state index contributed by atoms with van der Waals surface area (Å²) in [5, 5.41) is 8.56. The van der Waals surface area contributed by atoms with Crippen molar-refractivity contribution in [2.75, 3.05) is 0 Å². The lowest BCUT2D eigenvalue weighted by atomic mass is 10.0. The van der Waals surface area contributed by atoms with E-state index in [0.29, 0.717) is 42.3 Å². The van der Waals surface area contributed by atoms with Crippen LogP contribution in [0.3, 0.4) is 0 Å². The molecule has 3 heterocycles. The fourth-order valence-electron chi connectivity index (χ4n) is 3.32. The minimum atomic E-state index is -4.37. The third-order valence-corrected chi connectivity index (χ3v) is 4.86. The second kappa shape index (κ2) is 8.14. The largest absolute Gasteiger partial charge is 0.467 e. The Morgan fingerprint density at radius 1 is 1.00 bits per heavy atom. The Morgan fingerprint density at radius 2 is 1.87 bits per heavy atom. The first-order chi connectivity index (χ1) is 14.4. The Kier molecular flexibility index (Phi) is 5.39. The van der Waals surface area contributed by atoms with Gasteiger partial charge >= 0.3 is 6.18 Å². The molecule has 0 radical (unpaired) electrons. The van der Waals surface area contributed by atoms with Gasteiger partial charge in [-0.3, -0.25) is 4.98 Å². The van der Waals surface area contributed by atoms with Crippen LogP contribution < -0.4 is 0 Å². The maximum absolute atomic E-state index is 13.2. The highest BCUT2D eigenvalue weighted by Gasteiger charge is 2.32. The number of aryl methyl sites for hydroxylation is 3. The minimum absolute atomic E-state index is 0.213. The molecule has 0 aliphatic carbocycles. The third kappa shape index (κ3) is 4.27. The standard InChI is InChI=1S/C22H19F3N4O/c1-15-7-8-16(13-18(15)22(23,24)25)9-10-20-27-28-21(19-6-2-3-11-26-19)29(20)14-17-5-4-12-30-17/h2-8,11-13H,9-10,14H2,1H3. The molecule has 0 atom stereocenters. The van der Waals surface area contributed by atoms with Crippen LogP contribution in [0.1, 0.15) is 28.3 Å². The molecule has 154 valence electrons. The summed E-state index contributed by atoms with van der Waals surface area (Å²) >= 11 is 0. The van der Waals surface area contributed by atoms with E-state index in [-0.39, 0.29) is 5.56 Å². The van der Waals surface area contributed by atoms with Crippen molar-refractivity contribution in [3.8, 4) is 11.5 Å². The highest BCUT2D eigenvalue weighted by atomic mass is 19.4. The van der Waals surface area contributed by atoms with Crippen molar-refractivity contribution in [2.24, 2.45) is 0 Å². The van der Waals surface area contributed by atoms with Crippen LogP contribution in [-0.2, 0) is 25.6 Å². The first-order valence-corrected chi connectivity index (χ1v) is 9.44. The first kappa shape index (κ1) is 19.9. The number of pyridine rings is 1. The van der Waals surface area contributed by atoms with E-state index in [9.17, 15) is 13.2 Å². The van der Waals surface area contributed by atoms with E-state index in [1.54, 1.807) is 24.6 Å². The lowest BCUT2D eigenvalue weighted by Gasteiger charge is -2.12. The number of aromatic nitrogens is 4. The van der Waals surface area contributed by atoms with E-state index in [1.165, 1.54) is 19.1 Å². The van der Waals surface area contributed by atoms with Crippen molar-refractivity contribution in [2.45, 2.75) is 32.5 Å². The zero-order chi connectivity index (χ0) is 21.1. The summed E-state index contributed by atoms with van der Waals surface area (Å²) in [5.41, 5.74) is 0.869. The van der Waals surface area contributed by atoms with Gasteiger partial charge in [-0.2, -0.15) is 13.2 Å². The summed E-state index contributed by atoms with van der Waals surface area (Å²) in [6, 6.07) is 13.6. The Balaban J connectivity index is 1.62. The highest BCUT2D eigenvalue weighted by molar-refractivity contribution is 5.49. The van der Waals surface area contributed by atoms with Gasteiger partial charge in [0.25, 0.3) is 0 Å². The molecule has 1 aromatic carbocycles. The van der Waals surface area contributed by atoms with Crippen LogP contribution in [0.4, 0.5) is 13.2 Å². The zero-order valence-corrected chi connectivity index (χ0v) is 16.2. The maximum atomic E-state index is 13.2. The molecule has 0 amide bonds. The molecule has 8 heteroatoms. The SMILES string of the molecule is Cc1ccc(CCc2nnc(-c3ccccn3)n2Cc2ccco2)cc1C(F)(F)F. The average Bonchev–Trinajstić information content (AvgIpc) is 3.38. The monoisotopic (exact) mass is 412 g/mol. The fraction of sp³-hybridized carbons (Fsp3) is 0.227. The van der Waals surface area contributed by atoms with Crippen molar-refractivity contribution in [1.82, 2.24) is 19.7 Å². The quantitative estimate of drug-likeness (QED) is 0.442. The van der Waals surface area contributed by atoms with E-state index >= 15 is 0 Å². The number of hydrogen-bond donors (Lipinski definition) is 0. The van der Waals surface area contributed by atoms with Crippen molar-refractivity contribution in [3.05, 3.63) is 89.3 Å². The van der Waals surface area contributed by atoms with Crippen LogP contribution in [0.2, 0.25) is 0 Å². The smallest absolute Gasteiger partial charge is 0.416 e. The van der Waals surface area contributed by atoms with E-state index < -0.39 is 11.7 Å². The van der Waals surface area contributed by atoms with E-state index in [0.717, 1.165) is 5.76 Å². The Bertz CT molecular complexity index is 1120.